The van der Waals surface area contributed by atoms with Crippen LogP contribution in [0.3, 0.4) is 0 Å². The third-order valence-electron chi connectivity index (χ3n) is 2.27. The molecule has 0 amide bonds. The number of anilines is 2. The van der Waals surface area contributed by atoms with Gasteiger partial charge in [0.05, 0.1) is 8.95 Å². The van der Waals surface area contributed by atoms with E-state index in [1.165, 1.54) is 12.4 Å². The topological polar surface area (TPSA) is 37.8 Å². The van der Waals surface area contributed by atoms with Gasteiger partial charge < -0.3 is 5.32 Å². The molecule has 0 spiro atoms. The van der Waals surface area contributed by atoms with Gasteiger partial charge in [-0.05, 0) is 56.5 Å². The van der Waals surface area contributed by atoms with Crippen molar-refractivity contribution >= 4 is 55.0 Å². The Balaban J connectivity index is 2.40. The summed E-state index contributed by atoms with van der Waals surface area (Å²) in [5, 5.41) is 3.30. The van der Waals surface area contributed by atoms with E-state index in [1.54, 1.807) is 6.07 Å². The zero-order chi connectivity index (χ0) is 13.3. The first-order chi connectivity index (χ1) is 8.49. The summed E-state index contributed by atoms with van der Waals surface area (Å²) in [4.78, 5) is 7.86. The van der Waals surface area contributed by atoms with Crippen LogP contribution in [0.25, 0.3) is 0 Å². The maximum absolute atomic E-state index is 13.5. The van der Waals surface area contributed by atoms with E-state index in [9.17, 15) is 4.39 Å². The number of nitrogens with one attached hydrogen (secondary N) is 1. The lowest BCUT2D eigenvalue weighted by molar-refractivity contribution is 0.621. The second-order valence-electron chi connectivity index (χ2n) is 3.53. The molecule has 1 N–H and O–H groups in total. The molecular formula is C11H7Br2ClFN3. The van der Waals surface area contributed by atoms with E-state index in [-0.39, 0.29) is 5.82 Å². The van der Waals surface area contributed by atoms with E-state index in [0.29, 0.717) is 25.6 Å². The zero-order valence-electron chi connectivity index (χ0n) is 9.14. The van der Waals surface area contributed by atoms with Crippen LogP contribution in [-0.2, 0) is 0 Å². The maximum atomic E-state index is 13.5. The fourth-order valence-electron chi connectivity index (χ4n) is 1.34. The largest absolute Gasteiger partial charge is 0.339 e. The van der Waals surface area contributed by atoms with Crippen molar-refractivity contribution in [2.45, 2.75) is 6.92 Å². The van der Waals surface area contributed by atoms with Gasteiger partial charge in [-0.1, -0.05) is 11.6 Å². The normalized spacial score (nSPS) is 10.5. The lowest BCUT2D eigenvalue weighted by atomic mass is 10.2. The van der Waals surface area contributed by atoms with E-state index in [0.717, 1.165) is 5.56 Å². The molecule has 7 heteroatoms. The lowest BCUT2D eigenvalue weighted by Gasteiger charge is -2.11. The number of benzene rings is 1. The van der Waals surface area contributed by atoms with Gasteiger partial charge >= 0.3 is 0 Å². The van der Waals surface area contributed by atoms with Crippen LogP contribution in [0.2, 0.25) is 5.15 Å². The Morgan fingerprint density at radius 1 is 1.28 bits per heavy atom. The number of rotatable bonds is 2. The van der Waals surface area contributed by atoms with Gasteiger partial charge in [0.25, 0.3) is 0 Å². The smallest absolute Gasteiger partial charge is 0.149 e. The summed E-state index contributed by atoms with van der Waals surface area (Å²) in [5.41, 5.74) is 1.50. The van der Waals surface area contributed by atoms with Gasteiger partial charge in [-0.2, -0.15) is 0 Å². The van der Waals surface area contributed by atoms with E-state index in [1.807, 2.05) is 6.92 Å². The van der Waals surface area contributed by atoms with Crippen molar-refractivity contribution in [2.75, 3.05) is 5.32 Å². The first kappa shape index (κ1) is 13.7. The molecule has 1 heterocycles. The highest BCUT2D eigenvalue weighted by Gasteiger charge is 2.10. The standard InChI is InChI=1S/C11H7Br2ClFN3/c1-5-2-6(12)7(15)3-8(5)18-11-9(13)10(14)16-4-17-11/h2-4H,1H3,(H,16,17,18). The number of halogens is 4. The Kier molecular flexibility index (Phi) is 4.19. The van der Waals surface area contributed by atoms with Crippen molar-refractivity contribution in [2.24, 2.45) is 0 Å². The van der Waals surface area contributed by atoms with Crippen molar-refractivity contribution in [3.8, 4) is 0 Å². The quantitative estimate of drug-likeness (QED) is 0.739. The summed E-state index contributed by atoms with van der Waals surface area (Å²) < 4.78 is 14.4. The summed E-state index contributed by atoms with van der Waals surface area (Å²) >= 11 is 12.3. The van der Waals surface area contributed by atoms with E-state index in [2.05, 4.69) is 47.1 Å². The molecule has 0 radical (unpaired) electrons. The molecule has 1 aromatic heterocycles. The highest BCUT2D eigenvalue weighted by atomic mass is 79.9. The predicted molar refractivity (Wildman–Crippen MR) is 76.9 cm³/mol. The van der Waals surface area contributed by atoms with Crippen LogP contribution in [-0.4, -0.2) is 9.97 Å². The van der Waals surface area contributed by atoms with Gasteiger partial charge in [0.2, 0.25) is 0 Å². The third kappa shape index (κ3) is 2.81. The molecule has 0 saturated heterocycles. The Morgan fingerprint density at radius 2 is 2.00 bits per heavy atom. The average Bonchev–Trinajstić information content (AvgIpc) is 2.32. The van der Waals surface area contributed by atoms with Crippen LogP contribution in [0.1, 0.15) is 5.56 Å². The van der Waals surface area contributed by atoms with Crippen molar-refractivity contribution in [3.63, 3.8) is 0 Å². The highest BCUT2D eigenvalue weighted by molar-refractivity contribution is 9.11. The molecule has 2 aromatic rings. The Hall–Kier alpha value is -0.720. The Bertz CT molecular complexity index is 607. The van der Waals surface area contributed by atoms with Crippen molar-refractivity contribution in [3.05, 3.63) is 43.9 Å². The molecule has 0 aliphatic heterocycles. The van der Waals surface area contributed by atoms with Crippen molar-refractivity contribution < 1.29 is 4.39 Å². The van der Waals surface area contributed by atoms with Gasteiger partial charge in [-0.15, -0.1) is 0 Å². The van der Waals surface area contributed by atoms with Crippen molar-refractivity contribution in [1.82, 2.24) is 9.97 Å². The lowest BCUT2D eigenvalue weighted by Crippen LogP contribution is -1.99. The molecule has 94 valence electrons. The van der Waals surface area contributed by atoms with Gasteiger partial charge in [0.1, 0.15) is 23.1 Å². The first-order valence-electron chi connectivity index (χ1n) is 4.87. The van der Waals surface area contributed by atoms with E-state index < -0.39 is 0 Å². The molecule has 18 heavy (non-hydrogen) atoms. The minimum atomic E-state index is -0.348. The molecule has 3 nitrogen and oxygen atoms in total. The molecule has 0 atom stereocenters. The zero-order valence-corrected chi connectivity index (χ0v) is 13.1. The molecule has 0 bridgehead atoms. The molecule has 0 aliphatic carbocycles. The average molecular weight is 395 g/mol. The summed E-state index contributed by atoms with van der Waals surface area (Å²) in [6, 6.07) is 3.08. The number of hydrogen-bond donors (Lipinski definition) is 1. The van der Waals surface area contributed by atoms with Crippen molar-refractivity contribution in [1.29, 1.82) is 0 Å². The second-order valence-corrected chi connectivity index (χ2v) is 5.54. The molecule has 0 unspecified atom stereocenters. The minimum Gasteiger partial charge on any atom is -0.339 e. The summed E-state index contributed by atoms with van der Waals surface area (Å²) in [7, 11) is 0. The summed E-state index contributed by atoms with van der Waals surface area (Å²) in [6.07, 6.45) is 1.33. The van der Waals surface area contributed by atoms with Gasteiger partial charge in [0.15, 0.2) is 0 Å². The molecule has 0 saturated carbocycles. The molecule has 1 aromatic carbocycles. The first-order valence-corrected chi connectivity index (χ1v) is 6.84. The number of aryl methyl sites for hydroxylation is 1. The number of nitrogens with zero attached hydrogens (tertiary/aromatic N) is 2. The van der Waals surface area contributed by atoms with Crippen LogP contribution in [0.4, 0.5) is 15.9 Å². The predicted octanol–water partition coefficient (Wildman–Crippen LogP) is 4.85. The minimum absolute atomic E-state index is 0.294. The van der Waals surface area contributed by atoms with Crippen LogP contribution in [0.5, 0.6) is 0 Å². The molecule has 0 aliphatic rings. The maximum Gasteiger partial charge on any atom is 0.149 e. The van der Waals surface area contributed by atoms with Gasteiger partial charge in [-0.25, -0.2) is 14.4 Å². The summed E-state index contributed by atoms with van der Waals surface area (Å²) in [6.45, 7) is 1.86. The van der Waals surface area contributed by atoms with Crippen LogP contribution in [0, 0.1) is 12.7 Å². The molecule has 2 rings (SSSR count). The molecule has 0 fully saturated rings. The van der Waals surface area contributed by atoms with Gasteiger partial charge in [-0.3, -0.25) is 0 Å². The summed E-state index contributed by atoms with van der Waals surface area (Å²) in [5.74, 6) is 0.138. The van der Waals surface area contributed by atoms with E-state index in [4.69, 9.17) is 11.6 Å². The van der Waals surface area contributed by atoms with Crippen LogP contribution >= 0.6 is 43.5 Å². The van der Waals surface area contributed by atoms with Gasteiger partial charge in [0, 0.05) is 5.69 Å². The van der Waals surface area contributed by atoms with Crippen LogP contribution in [0.15, 0.2) is 27.4 Å². The monoisotopic (exact) mass is 393 g/mol. The third-order valence-corrected chi connectivity index (χ3v) is 4.14. The fraction of sp³-hybridized carbons (Fsp3) is 0.0909. The highest BCUT2D eigenvalue weighted by Crippen LogP contribution is 2.31. The SMILES string of the molecule is Cc1cc(Br)c(F)cc1Nc1ncnc(Cl)c1Br. The Labute approximate surface area is 125 Å². The Morgan fingerprint density at radius 3 is 2.72 bits per heavy atom. The number of aromatic nitrogens is 2. The second kappa shape index (κ2) is 5.50. The molecular weight excluding hydrogens is 388 g/mol. The van der Waals surface area contributed by atoms with Crippen LogP contribution < -0.4 is 5.32 Å². The van der Waals surface area contributed by atoms with E-state index >= 15 is 0 Å². The number of hydrogen-bond acceptors (Lipinski definition) is 3. The fourth-order valence-corrected chi connectivity index (χ4v) is 2.24.